The molecule has 1 aromatic heterocycles. The quantitative estimate of drug-likeness (QED) is 0.840. The van der Waals surface area contributed by atoms with E-state index in [2.05, 4.69) is 0 Å². The Morgan fingerprint density at radius 1 is 1.44 bits per heavy atom. The predicted molar refractivity (Wildman–Crippen MR) is 57.9 cm³/mol. The molecular formula is C9H5FN2O2S2. The first-order chi connectivity index (χ1) is 7.45. The maximum Gasteiger partial charge on any atom is 0.240 e. The Bertz CT molecular complexity index is 713. The molecule has 0 bridgehead atoms. The summed E-state index contributed by atoms with van der Waals surface area (Å²) < 4.78 is 36.5. The fourth-order valence-corrected chi connectivity index (χ4v) is 3.67. The molecule has 16 heavy (non-hydrogen) atoms. The summed E-state index contributed by atoms with van der Waals surface area (Å²) in [5.74, 6) is -0.695. The first-order valence-electron chi connectivity index (χ1n) is 4.09. The molecule has 7 heteroatoms. The minimum Gasteiger partial charge on any atom is -0.225 e. The van der Waals surface area contributed by atoms with Crippen LogP contribution in [0.1, 0.15) is 4.88 Å². The molecule has 2 N–H and O–H groups in total. The van der Waals surface area contributed by atoms with Gasteiger partial charge in [0.1, 0.15) is 21.7 Å². The van der Waals surface area contributed by atoms with E-state index in [1.165, 1.54) is 6.07 Å². The second-order valence-corrected chi connectivity index (χ2v) is 5.58. The van der Waals surface area contributed by atoms with E-state index < -0.39 is 20.7 Å². The predicted octanol–water partition coefficient (Wildman–Crippen LogP) is 1.56. The minimum absolute atomic E-state index is 0.0948. The lowest BCUT2D eigenvalue weighted by Crippen LogP contribution is -2.13. The van der Waals surface area contributed by atoms with Crippen LogP contribution in [0, 0.1) is 17.1 Å². The maximum atomic E-state index is 13.5. The molecule has 0 aliphatic rings. The van der Waals surface area contributed by atoms with Gasteiger partial charge in [-0.3, -0.25) is 0 Å². The normalized spacial score (nSPS) is 11.6. The molecule has 0 saturated carbocycles. The molecule has 0 aliphatic heterocycles. The Morgan fingerprint density at radius 3 is 2.69 bits per heavy atom. The third kappa shape index (κ3) is 1.57. The summed E-state index contributed by atoms with van der Waals surface area (Å²) in [5, 5.41) is 13.7. The van der Waals surface area contributed by atoms with Gasteiger partial charge in [-0.05, 0) is 12.1 Å². The van der Waals surface area contributed by atoms with Crippen molar-refractivity contribution in [3.63, 3.8) is 0 Å². The molecule has 4 nitrogen and oxygen atoms in total. The third-order valence-electron chi connectivity index (χ3n) is 2.01. The van der Waals surface area contributed by atoms with Crippen molar-refractivity contribution in [1.82, 2.24) is 0 Å². The number of sulfonamides is 1. The lowest BCUT2D eigenvalue weighted by atomic mass is 10.2. The molecule has 0 aliphatic carbocycles. The fourth-order valence-electron chi connectivity index (χ4n) is 1.42. The number of hydrogen-bond acceptors (Lipinski definition) is 4. The zero-order chi connectivity index (χ0) is 11.9. The monoisotopic (exact) mass is 256 g/mol. The molecule has 0 saturated heterocycles. The molecule has 0 spiro atoms. The number of thiophene rings is 1. The summed E-state index contributed by atoms with van der Waals surface area (Å²) in [5.41, 5.74) is 0. The van der Waals surface area contributed by atoms with Crippen molar-refractivity contribution in [2.45, 2.75) is 4.90 Å². The highest BCUT2D eigenvalue weighted by atomic mass is 32.2. The Hall–Kier alpha value is -1.49. The van der Waals surface area contributed by atoms with Crippen LogP contribution in [0.4, 0.5) is 4.39 Å². The van der Waals surface area contributed by atoms with E-state index in [1.54, 1.807) is 12.1 Å². The van der Waals surface area contributed by atoms with Gasteiger partial charge >= 0.3 is 0 Å². The summed E-state index contributed by atoms with van der Waals surface area (Å²) in [6.07, 6.45) is 0. The summed E-state index contributed by atoms with van der Waals surface area (Å²) in [4.78, 5) is -0.518. The molecule has 82 valence electrons. The second-order valence-electron chi connectivity index (χ2n) is 3.03. The smallest absolute Gasteiger partial charge is 0.225 e. The van der Waals surface area contributed by atoms with Crippen LogP contribution in [-0.2, 0) is 10.0 Å². The zero-order valence-electron chi connectivity index (χ0n) is 7.77. The summed E-state index contributed by atoms with van der Waals surface area (Å²) >= 11 is 0.905. The van der Waals surface area contributed by atoms with Crippen LogP contribution in [0.2, 0.25) is 0 Å². The highest BCUT2D eigenvalue weighted by molar-refractivity contribution is 7.89. The number of primary sulfonamides is 1. The molecule has 0 fully saturated rings. The number of nitriles is 1. The topological polar surface area (TPSA) is 83.9 Å². The lowest BCUT2D eigenvalue weighted by Gasteiger charge is -1.97. The standard InChI is InChI=1S/C9H5FN2O2S2/c10-5-2-1-3-6-8(5)9(16(12,13)14)7(4-11)15-6/h1-3H,(H2,12,13,14). The minimum atomic E-state index is -4.10. The van der Waals surface area contributed by atoms with Crippen molar-refractivity contribution in [3.05, 3.63) is 28.9 Å². The number of hydrogen-bond donors (Lipinski definition) is 1. The van der Waals surface area contributed by atoms with E-state index >= 15 is 0 Å². The van der Waals surface area contributed by atoms with E-state index in [-0.39, 0.29) is 10.3 Å². The van der Waals surface area contributed by atoms with Gasteiger partial charge in [0.05, 0.1) is 0 Å². The highest BCUT2D eigenvalue weighted by Crippen LogP contribution is 2.35. The van der Waals surface area contributed by atoms with Crippen LogP contribution in [0.15, 0.2) is 23.1 Å². The third-order valence-corrected chi connectivity index (χ3v) is 4.17. The van der Waals surface area contributed by atoms with Crippen molar-refractivity contribution in [1.29, 1.82) is 5.26 Å². The van der Waals surface area contributed by atoms with Crippen LogP contribution < -0.4 is 5.14 Å². The summed E-state index contributed by atoms with van der Waals surface area (Å²) in [7, 11) is -4.10. The number of benzene rings is 1. The molecule has 1 aromatic carbocycles. The zero-order valence-corrected chi connectivity index (χ0v) is 9.40. The number of nitrogens with two attached hydrogens (primary N) is 1. The lowest BCUT2D eigenvalue weighted by molar-refractivity contribution is 0.597. The first-order valence-corrected chi connectivity index (χ1v) is 6.45. The van der Waals surface area contributed by atoms with Gasteiger partial charge in [0.2, 0.25) is 10.0 Å². The molecule has 0 amide bonds. The van der Waals surface area contributed by atoms with E-state index in [9.17, 15) is 12.8 Å². The molecule has 0 unspecified atom stereocenters. The Balaban J connectivity index is 3.06. The van der Waals surface area contributed by atoms with Crippen molar-refractivity contribution in [3.8, 4) is 6.07 Å². The van der Waals surface area contributed by atoms with Crippen LogP contribution in [0.25, 0.3) is 10.1 Å². The molecule has 1 heterocycles. The Morgan fingerprint density at radius 2 is 2.12 bits per heavy atom. The molecule has 2 aromatic rings. The first kappa shape index (κ1) is 11.0. The Labute approximate surface area is 94.8 Å². The molecular weight excluding hydrogens is 251 g/mol. The van der Waals surface area contributed by atoms with Crippen LogP contribution in [-0.4, -0.2) is 8.42 Å². The van der Waals surface area contributed by atoms with Gasteiger partial charge in [-0.2, -0.15) is 5.26 Å². The van der Waals surface area contributed by atoms with E-state index in [1.807, 2.05) is 0 Å². The van der Waals surface area contributed by atoms with Crippen molar-refractivity contribution in [2.24, 2.45) is 5.14 Å². The Kier molecular flexibility index (Phi) is 2.42. The van der Waals surface area contributed by atoms with Gasteiger partial charge in [-0.1, -0.05) is 6.07 Å². The van der Waals surface area contributed by atoms with Crippen LogP contribution >= 0.6 is 11.3 Å². The van der Waals surface area contributed by atoms with Crippen LogP contribution in [0.3, 0.4) is 0 Å². The largest absolute Gasteiger partial charge is 0.240 e. The van der Waals surface area contributed by atoms with E-state index in [0.717, 1.165) is 17.4 Å². The summed E-state index contributed by atoms with van der Waals surface area (Å²) in [6.45, 7) is 0. The molecule has 0 atom stereocenters. The number of nitrogens with zero attached hydrogens (tertiary/aromatic N) is 1. The van der Waals surface area contributed by atoms with Gasteiger partial charge in [-0.15, -0.1) is 11.3 Å². The van der Waals surface area contributed by atoms with Crippen molar-refractivity contribution < 1.29 is 12.8 Å². The van der Waals surface area contributed by atoms with Gasteiger partial charge in [0, 0.05) is 10.1 Å². The average Bonchev–Trinajstić information content (AvgIpc) is 2.57. The van der Waals surface area contributed by atoms with Crippen LogP contribution in [0.5, 0.6) is 0 Å². The maximum absolute atomic E-state index is 13.5. The van der Waals surface area contributed by atoms with Gasteiger partial charge in [0.25, 0.3) is 0 Å². The summed E-state index contributed by atoms with van der Waals surface area (Å²) in [6, 6.07) is 5.83. The molecule has 0 radical (unpaired) electrons. The van der Waals surface area contributed by atoms with Gasteiger partial charge < -0.3 is 0 Å². The van der Waals surface area contributed by atoms with E-state index in [4.69, 9.17) is 10.4 Å². The number of halogens is 1. The highest BCUT2D eigenvalue weighted by Gasteiger charge is 2.23. The van der Waals surface area contributed by atoms with Crippen molar-refractivity contribution in [2.75, 3.05) is 0 Å². The number of fused-ring (bicyclic) bond motifs is 1. The number of rotatable bonds is 1. The van der Waals surface area contributed by atoms with Gasteiger partial charge in [0.15, 0.2) is 0 Å². The van der Waals surface area contributed by atoms with E-state index in [0.29, 0.717) is 4.70 Å². The molecule has 2 rings (SSSR count). The average molecular weight is 256 g/mol. The second kappa shape index (κ2) is 3.52. The fraction of sp³-hybridized carbons (Fsp3) is 0. The SMILES string of the molecule is N#Cc1sc2cccc(F)c2c1S(N)(=O)=O. The van der Waals surface area contributed by atoms with Gasteiger partial charge in [-0.25, -0.2) is 17.9 Å². The van der Waals surface area contributed by atoms with Crippen molar-refractivity contribution >= 4 is 31.4 Å².